The molecule has 0 saturated carbocycles. The van der Waals surface area contributed by atoms with Gasteiger partial charge in [0.2, 0.25) is 0 Å². The van der Waals surface area contributed by atoms with Gasteiger partial charge in [-0.15, -0.1) is 0 Å². The first kappa shape index (κ1) is 18.4. The minimum absolute atomic E-state index is 0.549. The van der Waals surface area contributed by atoms with Crippen LogP contribution in [0.2, 0.25) is 0 Å². The van der Waals surface area contributed by atoms with Gasteiger partial charge in [0.05, 0.1) is 17.2 Å². The average molecular weight is 366 g/mol. The van der Waals surface area contributed by atoms with Crippen LogP contribution >= 0.6 is 0 Å². The molecule has 140 valence electrons. The molecule has 1 aromatic heterocycles. The van der Waals surface area contributed by atoms with Gasteiger partial charge in [-0.05, 0) is 47.9 Å². The quantitative estimate of drug-likeness (QED) is 0.333. The molecule has 0 aliphatic carbocycles. The summed E-state index contributed by atoms with van der Waals surface area (Å²) in [4.78, 5) is 26.3. The Labute approximate surface area is 156 Å². The maximum absolute atomic E-state index is 12.2. The van der Waals surface area contributed by atoms with Gasteiger partial charge in [0.15, 0.2) is 0 Å². The average Bonchev–Trinajstić information content (AvgIpc) is 2.64. The number of fused-ring (bicyclic) bond motifs is 1. The van der Waals surface area contributed by atoms with Crippen molar-refractivity contribution in [3.05, 3.63) is 62.2 Å². The summed E-state index contributed by atoms with van der Waals surface area (Å²) in [7, 11) is 7.12. The van der Waals surface area contributed by atoms with Gasteiger partial charge in [0.1, 0.15) is 0 Å². The summed E-state index contributed by atoms with van der Waals surface area (Å²) in [6.45, 7) is 1.97. The second-order valence-electron chi connectivity index (χ2n) is 6.80. The molecule has 27 heavy (non-hydrogen) atoms. The topological polar surface area (TPSA) is 79.8 Å². The Morgan fingerprint density at radius 2 is 1.56 bits per heavy atom. The van der Waals surface area contributed by atoms with Crippen LogP contribution in [-0.2, 0) is 14.1 Å². The number of hydrogen-bond acceptors (Lipinski definition) is 5. The SMILES string of the molecule is Cc1cc2c(cc1-c1cc(/C=N/O)ccc1N(C)C)n(C)c(=O)c(=O)n2C. The zero-order valence-corrected chi connectivity index (χ0v) is 16.0. The highest BCUT2D eigenvalue weighted by molar-refractivity contribution is 5.92. The monoisotopic (exact) mass is 366 g/mol. The van der Waals surface area contributed by atoms with Gasteiger partial charge >= 0.3 is 11.1 Å². The Morgan fingerprint density at radius 1 is 0.963 bits per heavy atom. The number of anilines is 1. The molecule has 0 saturated heterocycles. The van der Waals surface area contributed by atoms with Crippen molar-refractivity contribution in [1.29, 1.82) is 0 Å². The van der Waals surface area contributed by atoms with Crippen LogP contribution in [0.4, 0.5) is 5.69 Å². The van der Waals surface area contributed by atoms with Crippen molar-refractivity contribution < 1.29 is 5.21 Å². The van der Waals surface area contributed by atoms with E-state index in [2.05, 4.69) is 5.16 Å². The lowest BCUT2D eigenvalue weighted by atomic mass is 9.96. The molecule has 0 amide bonds. The van der Waals surface area contributed by atoms with Gasteiger partial charge in [-0.3, -0.25) is 9.59 Å². The summed E-state index contributed by atoms with van der Waals surface area (Å²) < 4.78 is 2.77. The third-order valence-corrected chi connectivity index (χ3v) is 4.84. The summed E-state index contributed by atoms with van der Waals surface area (Å²) in [6, 6.07) is 9.60. The number of oxime groups is 1. The molecule has 3 rings (SSSR count). The van der Waals surface area contributed by atoms with Crippen molar-refractivity contribution in [2.45, 2.75) is 6.92 Å². The third kappa shape index (κ3) is 3.01. The molecule has 7 heteroatoms. The van der Waals surface area contributed by atoms with E-state index in [4.69, 9.17) is 5.21 Å². The molecule has 1 N–H and O–H groups in total. The van der Waals surface area contributed by atoms with E-state index in [9.17, 15) is 9.59 Å². The van der Waals surface area contributed by atoms with Crippen LogP contribution in [0.1, 0.15) is 11.1 Å². The smallest absolute Gasteiger partial charge is 0.316 e. The number of hydrogen-bond donors (Lipinski definition) is 1. The molecule has 0 atom stereocenters. The molecule has 7 nitrogen and oxygen atoms in total. The Morgan fingerprint density at radius 3 is 2.11 bits per heavy atom. The molecule has 0 spiro atoms. The Kier molecular flexibility index (Phi) is 4.61. The lowest BCUT2D eigenvalue weighted by molar-refractivity contribution is 0.322. The molecular formula is C20H22N4O3. The van der Waals surface area contributed by atoms with Gasteiger partial charge in [0.25, 0.3) is 0 Å². The minimum Gasteiger partial charge on any atom is -0.411 e. The van der Waals surface area contributed by atoms with E-state index in [0.717, 1.165) is 27.9 Å². The van der Waals surface area contributed by atoms with E-state index in [0.29, 0.717) is 11.0 Å². The molecule has 0 aliphatic heterocycles. The van der Waals surface area contributed by atoms with Gasteiger partial charge in [-0.1, -0.05) is 11.2 Å². The zero-order valence-electron chi connectivity index (χ0n) is 16.0. The van der Waals surface area contributed by atoms with Gasteiger partial charge in [0, 0.05) is 39.4 Å². The van der Waals surface area contributed by atoms with Crippen LogP contribution in [-0.4, -0.2) is 34.7 Å². The van der Waals surface area contributed by atoms with E-state index in [-0.39, 0.29) is 0 Å². The van der Waals surface area contributed by atoms with Crippen molar-refractivity contribution in [2.75, 3.05) is 19.0 Å². The second kappa shape index (κ2) is 6.75. The molecule has 0 bridgehead atoms. The van der Waals surface area contributed by atoms with Crippen LogP contribution in [0.5, 0.6) is 0 Å². The maximum atomic E-state index is 12.2. The van der Waals surface area contributed by atoms with Gasteiger partial charge in [-0.2, -0.15) is 0 Å². The number of aryl methyl sites for hydroxylation is 3. The lowest BCUT2D eigenvalue weighted by Gasteiger charge is -2.20. The molecular weight excluding hydrogens is 344 g/mol. The van der Waals surface area contributed by atoms with Crippen molar-refractivity contribution in [3.63, 3.8) is 0 Å². The highest BCUT2D eigenvalue weighted by Gasteiger charge is 2.15. The second-order valence-corrected chi connectivity index (χ2v) is 6.80. The molecule has 3 aromatic rings. The minimum atomic E-state index is -0.561. The van der Waals surface area contributed by atoms with E-state index in [1.54, 1.807) is 14.1 Å². The predicted octanol–water partition coefficient (Wildman–Crippen LogP) is 2.09. The Balaban J connectivity index is 2.42. The maximum Gasteiger partial charge on any atom is 0.316 e. The molecule has 2 aromatic carbocycles. The van der Waals surface area contributed by atoms with Crippen LogP contribution in [0.15, 0.2) is 45.1 Å². The predicted molar refractivity (Wildman–Crippen MR) is 108 cm³/mol. The summed E-state index contributed by atoms with van der Waals surface area (Å²) in [5.74, 6) is 0. The molecule has 0 unspecified atom stereocenters. The number of benzene rings is 2. The number of rotatable bonds is 3. The van der Waals surface area contributed by atoms with Crippen LogP contribution in [0, 0.1) is 6.92 Å². The third-order valence-electron chi connectivity index (χ3n) is 4.84. The van der Waals surface area contributed by atoms with Crippen molar-refractivity contribution in [3.8, 4) is 11.1 Å². The first-order chi connectivity index (χ1) is 12.8. The van der Waals surface area contributed by atoms with E-state index >= 15 is 0 Å². The molecule has 1 heterocycles. The summed E-state index contributed by atoms with van der Waals surface area (Å²) >= 11 is 0. The van der Waals surface area contributed by atoms with Crippen LogP contribution in [0.25, 0.3) is 22.2 Å². The van der Waals surface area contributed by atoms with E-state index in [1.165, 1.54) is 15.3 Å². The largest absolute Gasteiger partial charge is 0.411 e. The zero-order chi connectivity index (χ0) is 19.9. The number of aromatic nitrogens is 2. The molecule has 0 aliphatic rings. The Hall–Kier alpha value is -3.35. The lowest BCUT2D eigenvalue weighted by Crippen LogP contribution is -2.39. The van der Waals surface area contributed by atoms with Gasteiger partial charge in [-0.25, -0.2) is 0 Å². The van der Waals surface area contributed by atoms with E-state index in [1.807, 2.05) is 56.3 Å². The van der Waals surface area contributed by atoms with Crippen molar-refractivity contribution in [2.24, 2.45) is 19.3 Å². The van der Waals surface area contributed by atoms with E-state index < -0.39 is 11.1 Å². The fourth-order valence-corrected chi connectivity index (χ4v) is 3.32. The normalized spacial score (nSPS) is 11.4. The highest BCUT2D eigenvalue weighted by Crippen LogP contribution is 2.34. The van der Waals surface area contributed by atoms with Crippen molar-refractivity contribution >= 4 is 22.9 Å². The first-order valence-electron chi connectivity index (χ1n) is 8.45. The summed E-state index contributed by atoms with van der Waals surface area (Å²) in [5, 5.41) is 12.0. The van der Waals surface area contributed by atoms with Gasteiger partial charge < -0.3 is 19.2 Å². The molecule has 0 fully saturated rings. The first-order valence-corrected chi connectivity index (χ1v) is 8.45. The number of nitrogens with zero attached hydrogens (tertiary/aromatic N) is 4. The fraction of sp³-hybridized carbons (Fsp3) is 0.250. The standard InChI is InChI=1S/C20H22N4O3/c1-12-8-17-18(24(5)20(26)19(25)23(17)4)10-14(12)15-9-13(11-21-27)6-7-16(15)22(2)3/h6-11,27H,1-5H3/b21-11+. The van der Waals surface area contributed by atoms with Crippen LogP contribution in [0.3, 0.4) is 0 Å². The fourth-order valence-electron chi connectivity index (χ4n) is 3.32. The Bertz CT molecular complexity index is 1190. The van der Waals surface area contributed by atoms with Crippen molar-refractivity contribution in [1.82, 2.24) is 9.13 Å². The molecule has 0 radical (unpaired) electrons. The summed E-state index contributed by atoms with van der Waals surface area (Å²) in [5.41, 5.74) is 4.86. The van der Waals surface area contributed by atoms with Crippen LogP contribution < -0.4 is 16.0 Å². The highest BCUT2D eigenvalue weighted by atomic mass is 16.4. The summed E-state index contributed by atoms with van der Waals surface area (Å²) in [6.07, 6.45) is 1.37.